The second kappa shape index (κ2) is 7.78. The Hall–Kier alpha value is -0.710. The fourth-order valence-corrected chi connectivity index (χ4v) is 2.58. The first kappa shape index (κ1) is 14.7. The summed E-state index contributed by atoms with van der Waals surface area (Å²) in [6.45, 7) is 3.60. The van der Waals surface area contributed by atoms with E-state index in [1.54, 1.807) is 0 Å². The average molecular weight is 282 g/mol. The summed E-state index contributed by atoms with van der Waals surface area (Å²) in [6.07, 6.45) is 2.08. The minimum absolute atomic E-state index is 0.189. The molecule has 0 unspecified atom stereocenters. The molecule has 0 saturated carbocycles. The molecule has 1 fully saturated rings. The molecule has 0 atom stereocenters. The van der Waals surface area contributed by atoms with Crippen molar-refractivity contribution in [1.29, 1.82) is 0 Å². The number of hydrogen-bond donors (Lipinski definition) is 1. The Morgan fingerprint density at radius 3 is 2.53 bits per heavy atom. The lowest BCUT2D eigenvalue weighted by Gasteiger charge is -2.35. The Balaban J connectivity index is 1.63. The lowest BCUT2D eigenvalue weighted by molar-refractivity contribution is -0.0315. The summed E-state index contributed by atoms with van der Waals surface area (Å²) < 4.78 is 16.8. The van der Waals surface area contributed by atoms with Gasteiger partial charge in [-0.15, -0.1) is 0 Å². The van der Waals surface area contributed by atoms with Crippen LogP contribution in [-0.4, -0.2) is 38.8 Å². The topological polar surface area (TPSA) is 27.7 Å². The zero-order chi connectivity index (χ0) is 13.4. The third-order valence-corrected chi connectivity index (χ3v) is 4.21. The number of thiol groups is 1. The minimum Gasteiger partial charge on any atom is -0.491 e. The maximum atomic E-state index is 5.76. The van der Waals surface area contributed by atoms with Gasteiger partial charge in [0.15, 0.2) is 0 Å². The number of hydrogen-bond acceptors (Lipinski definition) is 4. The molecule has 0 amide bonds. The first-order chi connectivity index (χ1) is 9.35. The van der Waals surface area contributed by atoms with Crippen LogP contribution in [0.4, 0.5) is 0 Å². The van der Waals surface area contributed by atoms with Gasteiger partial charge in [0, 0.05) is 18.6 Å². The van der Waals surface area contributed by atoms with Gasteiger partial charge in [0.1, 0.15) is 12.4 Å². The third kappa shape index (κ3) is 4.71. The summed E-state index contributed by atoms with van der Waals surface area (Å²) in [5.41, 5.74) is 0.189. The van der Waals surface area contributed by atoms with Gasteiger partial charge in [-0.25, -0.2) is 0 Å². The van der Waals surface area contributed by atoms with Gasteiger partial charge in [-0.3, -0.25) is 0 Å². The van der Waals surface area contributed by atoms with Crippen LogP contribution in [0.15, 0.2) is 30.3 Å². The Morgan fingerprint density at radius 1 is 1.11 bits per heavy atom. The van der Waals surface area contributed by atoms with Crippen LogP contribution in [0.3, 0.4) is 0 Å². The van der Waals surface area contributed by atoms with Crippen LogP contribution in [0, 0.1) is 5.41 Å². The second-order valence-corrected chi connectivity index (χ2v) is 5.30. The summed E-state index contributed by atoms with van der Waals surface area (Å²) in [6, 6.07) is 9.81. The molecule has 1 aliphatic heterocycles. The highest BCUT2D eigenvalue weighted by molar-refractivity contribution is 7.80. The fourth-order valence-electron chi connectivity index (χ4n) is 2.18. The van der Waals surface area contributed by atoms with Crippen LogP contribution >= 0.6 is 12.6 Å². The van der Waals surface area contributed by atoms with Gasteiger partial charge in [0.2, 0.25) is 0 Å². The van der Waals surface area contributed by atoms with E-state index in [0.29, 0.717) is 13.2 Å². The molecule has 0 N–H and O–H groups in total. The molecule has 0 radical (unpaired) electrons. The highest BCUT2D eigenvalue weighted by Gasteiger charge is 2.31. The van der Waals surface area contributed by atoms with Crippen molar-refractivity contribution in [1.82, 2.24) is 0 Å². The van der Waals surface area contributed by atoms with Crippen molar-refractivity contribution >= 4 is 12.6 Å². The lowest BCUT2D eigenvalue weighted by Crippen LogP contribution is -2.36. The predicted molar refractivity (Wildman–Crippen MR) is 79.1 cm³/mol. The molecule has 0 aliphatic carbocycles. The molecule has 2 rings (SSSR count). The molecule has 19 heavy (non-hydrogen) atoms. The van der Waals surface area contributed by atoms with E-state index in [2.05, 4.69) is 12.6 Å². The first-order valence-electron chi connectivity index (χ1n) is 6.79. The molecule has 1 saturated heterocycles. The zero-order valence-electron chi connectivity index (χ0n) is 11.2. The maximum absolute atomic E-state index is 5.76. The van der Waals surface area contributed by atoms with Crippen molar-refractivity contribution in [3.63, 3.8) is 0 Å². The maximum Gasteiger partial charge on any atom is 0.119 e. The molecule has 1 aliphatic rings. The number of para-hydroxylation sites is 1. The molecule has 0 bridgehead atoms. The van der Waals surface area contributed by atoms with Crippen LogP contribution in [0.2, 0.25) is 0 Å². The molecule has 0 aromatic heterocycles. The third-order valence-electron chi connectivity index (χ3n) is 3.54. The summed E-state index contributed by atoms with van der Waals surface area (Å²) in [5, 5.41) is 0. The Bertz CT molecular complexity index is 350. The van der Waals surface area contributed by atoms with E-state index >= 15 is 0 Å². The van der Waals surface area contributed by atoms with Gasteiger partial charge in [0.05, 0.1) is 13.2 Å². The molecule has 106 valence electrons. The van der Waals surface area contributed by atoms with Gasteiger partial charge in [-0.05, 0) is 30.7 Å². The number of rotatable bonds is 7. The van der Waals surface area contributed by atoms with E-state index < -0.39 is 0 Å². The van der Waals surface area contributed by atoms with Gasteiger partial charge in [-0.2, -0.15) is 12.6 Å². The molecule has 1 aromatic rings. The minimum atomic E-state index is 0.189. The highest BCUT2D eigenvalue weighted by Crippen LogP contribution is 2.31. The van der Waals surface area contributed by atoms with Crippen LogP contribution in [0.5, 0.6) is 5.75 Å². The second-order valence-electron chi connectivity index (χ2n) is 4.98. The Kier molecular flexibility index (Phi) is 6.01. The van der Waals surface area contributed by atoms with E-state index in [9.17, 15) is 0 Å². The highest BCUT2D eigenvalue weighted by atomic mass is 32.1. The van der Waals surface area contributed by atoms with Crippen LogP contribution < -0.4 is 4.74 Å². The van der Waals surface area contributed by atoms with E-state index in [0.717, 1.165) is 44.2 Å². The smallest absolute Gasteiger partial charge is 0.119 e. The molecular weight excluding hydrogens is 260 g/mol. The van der Waals surface area contributed by atoms with Gasteiger partial charge in [-0.1, -0.05) is 18.2 Å². The lowest BCUT2D eigenvalue weighted by atomic mass is 9.83. The monoisotopic (exact) mass is 282 g/mol. The summed E-state index contributed by atoms with van der Waals surface area (Å²) in [5.74, 6) is 1.75. The van der Waals surface area contributed by atoms with Crippen molar-refractivity contribution in [2.24, 2.45) is 5.41 Å². The van der Waals surface area contributed by atoms with E-state index in [1.807, 2.05) is 30.3 Å². The Labute approximate surface area is 120 Å². The Morgan fingerprint density at radius 2 is 1.84 bits per heavy atom. The molecular formula is C15H22O3S. The molecule has 3 nitrogen and oxygen atoms in total. The average Bonchev–Trinajstić information content (AvgIpc) is 2.49. The normalized spacial score (nSPS) is 18.2. The largest absolute Gasteiger partial charge is 0.491 e. The molecule has 0 spiro atoms. The quantitative estimate of drug-likeness (QED) is 0.615. The predicted octanol–water partition coefficient (Wildman–Crippen LogP) is 2.81. The standard InChI is InChI=1S/C15H22O3S/c19-13-15(6-8-16-9-7-15)12-17-10-11-18-14-4-2-1-3-5-14/h1-5,19H,6-13H2. The van der Waals surface area contributed by atoms with Gasteiger partial charge < -0.3 is 14.2 Å². The fraction of sp³-hybridized carbons (Fsp3) is 0.600. The summed E-state index contributed by atoms with van der Waals surface area (Å²) in [4.78, 5) is 0. The van der Waals surface area contributed by atoms with E-state index in [1.165, 1.54) is 0 Å². The van der Waals surface area contributed by atoms with Crippen molar-refractivity contribution in [2.45, 2.75) is 12.8 Å². The van der Waals surface area contributed by atoms with Crippen molar-refractivity contribution in [3.05, 3.63) is 30.3 Å². The van der Waals surface area contributed by atoms with E-state index in [4.69, 9.17) is 14.2 Å². The number of ether oxygens (including phenoxy) is 3. The van der Waals surface area contributed by atoms with Crippen molar-refractivity contribution in [2.75, 3.05) is 38.8 Å². The molecule has 1 aromatic carbocycles. The SMILES string of the molecule is SCC1(COCCOc2ccccc2)CCOCC1. The van der Waals surface area contributed by atoms with Gasteiger partial charge >= 0.3 is 0 Å². The van der Waals surface area contributed by atoms with Crippen LogP contribution in [0.1, 0.15) is 12.8 Å². The van der Waals surface area contributed by atoms with E-state index in [-0.39, 0.29) is 5.41 Å². The number of benzene rings is 1. The van der Waals surface area contributed by atoms with Crippen molar-refractivity contribution in [3.8, 4) is 5.75 Å². The van der Waals surface area contributed by atoms with Crippen molar-refractivity contribution < 1.29 is 14.2 Å². The first-order valence-corrected chi connectivity index (χ1v) is 7.42. The summed E-state index contributed by atoms with van der Waals surface area (Å²) >= 11 is 4.46. The molecule has 4 heteroatoms. The summed E-state index contributed by atoms with van der Waals surface area (Å²) in [7, 11) is 0. The molecule has 1 heterocycles. The van der Waals surface area contributed by atoms with Gasteiger partial charge in [0.25, 0.3) is 0 Å². The van der Waals surface area contributed by atoms with Crippen LogP contribution in [0.25, 0.3) is 0 Å². The van der Waals surface area contributed by atoms with Crippen LogP contribution in [-0.2, 0) is 9.47 Å². The zero-order valence-corrected chi connectivity index (χ0v) is 12.1.